The van der Waals surface area contributed by atoms with Gasteiger partial charge in [0.25, 0.3) is 5.91 Å². The molecule has 2 N–H and O–H groups in total. The minimum absolute atomic E-state index is 0.00495. The molecule has 1 saturated heterocycles. The average molecular weight is 430 g/mol. The highest BCUT2D eigenvalue weighted by Gasteiger charge is 2.40. The van der Waals surface area contributed by atoms with Crippen LogP contribution in [0.25, 0.3) is 6.08 Å². The molecule has 2 aromatic carbocycles. The van der Waals surface area contributed by atoms with Crippen LogP contribution < -0.4 is 4.74 Å². The van der Waals surface area contributed by atoms with Gasteiger partial charge in [0.2, 0.25) is 0 Å². The Morgan fingerprint density at radius 2 is 2.00 bits per heavy atom. The first kappa shape index (κ1) is 20.9. The molecule has 1 atom stereocenters. The monoisotopic (exact) mass is 429 g/mol. The van der Waals surface area contributed by atoms with Crippen molar-refractivity contribution >= 4 is 46.3 Å². The summed E-state index contributed by atoms with van der Waals surface area (Å²) in [4.78, 5) is 26.3. The number of aliphatic carboxylic acids is 1. The smallest absolute Gasteiger partial charge is 0.327 e. The molecule has 0 radical (unpaired) electrons. The maximum atomic E-state index is 12.9. The van der Waals surface area contributed by atoms with Crippen molar-refractivity contribution in [3.8, 4) is 11.5 Å². The minimum Gasteiger partial charge on any atom is -0.504 e. The van der Waals surface area contributed by atoms with Gasteiger partial charge in [-0.25, -0.2) is 4.79 Å². The molecule has 6 nitrogen and oxygen atoms in total. The van der Waals surface area contributed by atoms with Crippen LogP contribution in [-0.4, -0.2) is 44.0 Å². The fourth-order valence-electron chi connectivity index (χ4n) is 2.92. The molecule has 0 bridgehead atoms. The summed E-state index contributed by atoms with van der Waals surface area (Å²) in [5.41, 5.74) is 1.44. The molecule has 1 aliphatic rings. The number of thiocarbonyl (C=S) groups is 1. The van der Waals surface area contributed by atoms with Crippen LogP contribution >= 0.6 is 24.0 Å². The van der Waals surface area contributed by atoms with Crippen LogP contribution in [0.15, 0.2) is 53.4 Å². The summed E-state index contributed by atoms with van der Waals surface area (Å²) in [6.45, 7) is 2.19. The van der Waals surface area contributed by atoms with Crippen LogP contribution in [0.1, 0.15) is 18.1 Å². The summed E-state index contributed by atoms with van der Waals surface area (Å²) in [5, 5.41) is 19.5. The Labute approximate surface area is 177 Å². The van der Waals surface area contributed by atoms with Crippen molar-refractivity contribution in [2.75, 3.05) is 6.61 Å². The number of benzene rings is 2. The van der Waals surface area contributed by atoms with Gasteiger partial charge in [-0.2, -0.15) is 0 Å². The van der Waals surface area contributed by atoms with Gasteiger partial charge < -0.3 is 14.9 Å². The lowest BCUT2D eigenvalue weighted by atomic mass is 10.0. The van der Waals surface area contributed by atoms with Crippen LogP contribution in [-0.2, 0) is 16.0 Å². The van der Waals surface area contributed by atoms with Crippen molar-refractivity contribution in [2.24, 2.45) is 0 Å². The Hall–Kier alpha value is -2.84. The second kappa shape index (κ2) is 9.11. The van der Waals surface area contributed by atoms with Gasteiger partial charge >= 0.3 is 5.97 Å². The number of phenolic OH excluding ortho intramolecular Hbond substituents is 1. The molecule has 0 aromatic heterocycles. The number of rotatable bonds is 7. The second-order valence-corrected chi connectivity index (χ2v) is 7.93. The van der Waals surface area contributed by atoms with E-state index in [0.29, 0.717) is 22.8 Å². The first-order chi connectivity index (χ1) is 13.9. The Kier molecular flexibility index (Phi) is 6.56. The van der Waals surface area contributed by atoms with E-state index in [0.717, 1.165) is 22.2 Å². The predicted octanol–water partition coefficient (Wildman–Crippen LogP) is 3.69. The largest absolute Gasteiger partial charge is 0.504 e. The molecule has 8 heteroatoms. The van der Waals surface area contributed by atoms with Gasteiger partial charge in [-0.1, -0.05) is 60.4 Å². The van der Waals surface area contributed by atoms with Crippen molar-refractivity contribution in [3.05, 3.63) is 64.6 Å². The van der Waals surface area contributed by atoms with E-state index in [1.54, 1.807) is 25.1 Å². The molecule has 0 aliphatic carbocycles. The number of carboxylic acid groups (broad SMARTS) is 1. The lowest BCUT2D eigenvalue weighted by Gasteiger charge is -2.23. The van der Waals surface area contributed by atoms with E-state index in [2.05, 4.69) is 0 Å². The number of phenols is 1. The SMILES string of the molecule is CCOc1cc(/C=C2\SC(=S)N(C(Cc3ccccc3)C(=O)O)C2=O)ccc1O. The summed E-state index contributed by atoms with van der Waals surface area (Å²) < 4.78 is 5.56. The Morgan fingerprint density at radius 1 is 1.28 bits per heavy atom. The van der Waals surface area contributed by atoms with Crippen molar-refractivity contribution in [2.45, 2.75) is 19.4 Å². The zero-order valence-electron chi connectivity index (χ0n) is 15.6. The molecule has 1 amide bonds. The normalized spacial score (nSPS) is 16.3. The number of ether oxygens (including phenoxy) is 1. The summed E-state index contributed by atoms with van der Waals surface area (Å²) in [7, 11) is 0. The molecule has 1 heterocycles. The molecular weight excluding hydrogens is 410 g/mol. The van der Waals surface area contributed by atoms with Gasteiger partial charge in [-0.05, 0) is 36.3 Å². The standard InChI is InChI=1S/C21H19NO5S2/c1-2-27-17-11-14(8-9-16(17)23)12-18-19(24)22(21(28)29-18)15(20(25)26)10-13-6-4-3-5-7-13/h3-9,11-12,15,23H,2,10H2,1H3,(H,25,26)/b18-12-. The van der Waals surface area contributed by atoms with E-state index in [-0.39, 0.29) is 16.5 Å². The van der Waals surface area contributed by atoms with Gasteiger partial charge in [0, 0.05) is 6.42 Å². The van der Waals surface area contributed by atoms with E-state index in [1.807, 2.05) is 30.3 Å². The third-order valence-electron chi connectivity index (χ3n) is 4.27. The lowest BCUT2D eigenvalue weighted by molar-refractivity contribution is -0.145. The first-order valence-electron chi connectivity index (χ1n) is 8.90. The number of carbonyl (C=O) groups excluding carboxylic acids is 1. The van der Waals surface area contributed by atoms with Crippen LogP contribution in [0.2, 0.25) is 0 Å². The van der Waals surface area contributed by atoms with Crippen molar-refractivity contribution < 1.29 is 24.5 Å². The highest BCUT2D eigenvalue weighted by atomic mass is 32.2. The quantitative estimate of drug-likeness (QED) is 0.513. The number of thioether (sulfide) groups is 1. The Bertz CT molecular complexity index is 974. The molecule has 2 aromatic rings. The predicted molar refractivity (Wildman–Crippen MR) is 116 cm³/mol. The summed E-state index contributed by atoms with van der Waals surface area (Å²) >= 11 is 6.37. The zero-order valence-corrected chi connectivity index (χ0v) is 17.2. The number of nitrogens with zero attached hydrogens (tertiary/aromatic N) is 1. The fraction of sp³-hybridized carbons (Fsp3) is 0.190. The fourth-order valence-corrected chi connectivity index (χ4v) is 4.27. The maximum absolute atomic E-state index is 12.9. The second-order valence-electron chi connectivity index (χ2n) is 6.26. The van der Waals surface area contributed by atoms with Crippen LogP contribution in [0, 0.1) is 0 Å². The number of hydrogen-bond donors (Lipinski definition) is 2. The molecule has 1 unspecified atom stereocenters. The highest BCUT2D eigenvalue weighted by molar-refractivity contribution is 8.26. The summed E-state index contributed by atoms with van der Waals surface area (Å²) in [6.07, 6.45) is 1.77. The number of carbonyl (C=O) groups is 2. The van der Waals surface area contributed by atoms with E-state index in [1.165, 1.54) is 6.07 Å². The maximum Gasteiger partial charge on any atom is 0.327 e. The molecule has 0 saturated carbocycles. The Morgan fingerprint density at radius 3 is 2.66 bits per heavy atom. The number of aromatic hydroxyl groups is 1. The highest BCUT2D eigenvalue weighted by Crippen LogP contribution is 2.36. The van der Waals surface area contributed by atoms with E-state index >= 15 is 0 Å². The molecule has 3 rings (SSSR count). The van der Waals surface area contributed by atoms with Gasteiger partial charge in [0.05, 0.1) is 11.5 Å². The molecule has 1 fully saturated rings. The van der Waals surface area contributed by atoms with Crippen LogP contribution in [0.3, 0.4) is 0 Å². The van der Waals surface area contributed by atoms with Gasteiger partial charge in [-0.15, -0.1) is 0 Å². The van der Waals surface area contributed by atoms with Crippen LogP contribution in [0.4, 0.5) is 0 Å². The number of amides is 1. The van der Waals surface area contributed by atoms with Crippen molar-refractivity contribution in [3.63, 3.8) is 0 Å². The summed E-state index contributed by atoms with van der Waals surface area (Å²) in [5.74, 6) is -1.25. The average Bonchev–Trinajstić information content (AvgIpc) is 2.96. The molecular formula is C21H19NO5S2. The topological polar surface area (TPSA) is 87.1 Å². The number of hydrogen-bond acceptors (Lipinski definition) is 6. The minimum atomic E-state index is -1.12. The van der Waals surface area contributed by atoms with E-state index in [9.17, 15) is 19.8 Å². The first-order valence-corrected chi connectivity index (χ1v) is 10.1. The van der Waals surface area contributed by atoms with Crippen LogP contribution in [0.5, 0.6) is 11.5 Å². The van der Waals surface area contributed by atoms with E-state index < -0.39 is 17.9 Å². The molecule has 150 valence electrons. The van der Waals surface area contributed by atoms with Crippen molar-refractivity contribution in [1.29, 1.82) is 0 Å². The van der Waals surface area contributed by atoms with E-state index in [4.69, 9.17) is 17.0 Å². The van der Waals surface area contributed by atoms with Gasteiger partial charge in [0.15, 0.2) is 11.5 Å². The summed E-state index contributed by atoms with van der Waals surface area (Å²) in [6, 6.07) is 12.8. The zero-order chi connectivity index (χ0) is 21.0. The third-order valence-corrected chi connectivity index (χ3v) is 5.60. The van der Waals surface area contributed by atoms with Gasteiger partial charge in [0.1, 0.15) is 10.4 Å². The van der Waals surface area contributed by atoms with Gasteiger partial charge in [-0.3, -0.25) is 9.69 Å². The lowest BCUT2D eigenvalue weighted by Crippen LogP contribution is -2.45. The third kappa shape index (κ3) is 4.78. The molecule has 29 heavy (non-hydrogen) atoms. The Balaban J connectivity index is 1.87. The number of carboxylic acids is 1. The molecule has 1 aliphatic heterocycles. The molecule has 0 spiro atoms. The van der Waals surface area contributed by atoms with Crippen molar-refractivity contribution in [1.82, 2.24) is 4.90 Å².